The van der Waals surface area contributed by atoms with Crippen LogP contribution < -0.4 is 5.32 Å². The van der Waals surface area contributed by atoms with Gasteiger partial charge in [-0.1, -0.05) is 123 Å². The molecule has 0 aromatic heterocycles. The van der Waals surface area contributed by atoms with Crippen molar-refractivity contribution in [3.05, 3.63) is 129 Å². The summed E-state index contributed by atoms with van der Waals surface area (Å²) < 4.78 is 6.62. The van der Waals surface area contributed by atoms with Crippen molar-refractivity contribution in [3.8, 4) is 11.8 Å². The molecule has 17 aliphatic carbocycles. The molecule has 10 heteroatoms. The SMILES string of the molecule is CN[C@H]1Cc2c(cccc2CO)C#C[C@@]23CC[C@@H](Cc4cccc(c4)C4(CCCC4)c4cccc(c4)[C@H]4CC[C@@H]5[C@H](CC[C@]56C[C@]5(C=O)[C@H]7CC[C@]8(C2)[C@H]2C9=CC(=O)O[C@@H]9[C@@H]1C[C@H]2C[C@]8(O)[C@]7(O)[C@@H](O)[C@@H]1C[C@H]2[C@H](C=CC[C@@H]2C2CCCC2)C[C@H]([C@H]6O)[C@@]15O)C4)C3. The van der Waals surface area contributed by atoms with Crippen LogP contribution >= 0.6 is 0 Å². The van der Waals surface area contributed by atoms with Crippen molar-refractivity contribution < 1.29 is 45.0 Å². The smallest absolute Gasteiger partial charge is 0.331 e. The fraction of sp³-hybridized carbons (Fsp3) is 0.679. The van der Waals surface area contributed by atoms with Gasteiger partial charge in [0.15, 0.2) is 0 Å². The molecule has 21 rings (SSSR count). The van der Waals surface area contributed by atoms with Crippen LogP contribution in [0.3, 0.4) is 0 Å². The molecule has 0 amide bonds. The van der Waals surface area contributed by atoms with Crippen LogP contribution in [0.5, 0.6) is 0 Å². The summed E-state index contributed by atoms with van der Waals surface area (Å²) in [6.07, 6.45) is 25.8. The summed E-state index contributed by atoms with van der Waals surface area (Å²) in [5.74, 6) is 5.69. The number of esters is 1. The van der Waals surface area contributed by atoms with Gasteiger partial charge in [-0.15, -0.1) is 0 Å². The van der Waals surface area contributed by atoms with E-state index in [-0.39, 0.29) is 72.8 Å². The van der Waals surface area contributed by atoms with E-state index in [4.69, 9.17) is 4.74 Å². The molecule has 1 heterocycles. The largest absolute Gasteiger partial charge is 0.454 e. The Morgan fingerprint density at radius 2 is 1.52 bits per heavy atom. The Labute approximate surface area is 539 Å². The van der Waals surface area contributed by atoms with Gasteiger partial charge in [-0.2, -0.15) is 0 Å². The van der Waals surface area contributed by atoms with Crippen molar-refractivity contribution in [1.82, 2.24) is 5.32 Å². The number of aliphatic hydroxyl groups excluding tert-OH is 3. The first kappa shape index (κ1) is 59.1. The summed E-state index contributed by atoms with van der Waals surface area (Å²) in [7, 11) is 1.97. The molecule has 24 atom stereocenters. The van der Waals surface area contributed by atoms with Gasteiger partial charge in [0, 0.05) is 63.0 Å². The van der Waals surface area contributed by atoms with Crippen molar-refractivity contribution >= 4 is 12.3 Å². The number of fused-ring (bicyclic) bond motifs is 2. The number of carbonyl (C=O) groups excluding carboxylic acids is 2. The minimum atomic E-state index is -2.29. The van der Waals surface area contributed by atoms with Gasteiger partial charge in [-0.05, 0) is 246 Å². The average molecular weight is 1230 g/mol. The fourth-order valence-electron chi connectivity index (χ4n) is 28.1. The molecule has 3 aromatic carbocycles. The molecule has 10 nitrogen and oxygen atoms in total. The van der Waals surface area contributed by atoms with Gasteiger partial charge in [0.05, 0.1) is 29.8 Å². The van der Waals surface area contributed by atoms with Crippen LogP contribution in [0.1, 0.15) is 205 Å². The zero-order valence-corrected chi connectivity index (χ0v) is 53.8. The number of rotatable bonds is 4. The third kappa shape index (κ3) is 7.81. The maximum absolute atomic E-state index is 16.0. The molecule has 0 unspecified atom stereocenters. The summed E-state index contributed by atoms with van der Waals surface area (Å²) >= 11 is 0. The van der Waals surface area contributed by atoms with E-state index in [0.29, 0.717) is 62.2 Å². The van der Waals surface area contributed by atoms with E-state index in [0.717, 1.165) is 118 Å². The molecule has 91 heavy (non-hydrogen) atoms. The first-order chi connectivity index (χ1) is 44.1. The minimum Gasteiger partial charge on any atom is -0.454 e. The van der Waals surface area contributed by atoms with Crippen LogP contribution in [0, 0.1) is 110 Å². The molecule has 1 aliphatic heterocycles. The molecule has 11 saturated carbocycles. The number of likely N-dealkylation sites (N-methyl/N-ethyl adjacent to an activating group) is 1. The van der Waals surface area contributed by atoms with E-state index in [9.17, 15) is 20.1 Å². The number of benzene rings is 3. The normalized spacial score (nSPS) is 48.4. The van der Waals surface area contributed by atoms with Crippen molar-refractivity contribution in [1.29, 1.82) is 0 Å². The summed E-state index contributed by atoms with van der Waals surface area (Å²) in [5, 5.41) is 89.9. The van der Waals surface area contributed by atoms with Gasteiger partial charge in [0.1, 0.15) is 23.6 Å². The molecule has 7 N–H and O–H groups in total. The molecule has 3 aromatic rings. The predicted molar refractivity (Wildman–Crippen MR) is 346 cm³/mol. The lowest BCUT2D eigenvalue weighted by Gasteiger charge is -2.75. The van der Waals surface area contributed by atoms with Crippen LogP contribution in [0.15, 0.2) is 90.5 Å². The van der Waals surface area contributed by atoms with E-state index in [1.54, 1.807) is 6.08 Å². The second kappa shape index (κ2) is 20.8. The van der Waals surface area contributed by atoms with Crippen LogP contribution in [-0.2, 0) is 39.2 Å². The highest BCUT2D eigenvalue weighted by atomic mass is 16.5. The van der Waals surface area contributed by atoms with E-state index in [1.807, 2.05) is 19.2 Å². The molecule has 17 bridgehead atoms. The highest BCUT2D eigenvalue weighted by Gasteiger charge is 2.88. The Balaban J connectivity index is 0.879. The van der Waals surface area contributed by atoms with Gasteiger partial charge < -0.3 is 45.5 Å². The molecule has 482 valence electrons. The molecule has 11 fully saturated rings. The molecule has 0 radical (unpaired) electrons. The number of hydrogen-bond donors (Lipinski definition) is 7. The van der Waals surface area contributed by atoms with E-state index < -0.39 is 86.4 Å². The second-order valence-corrected chi connectivity index (χ2v) is 34.2. The lowest BCUT2D eigenvalue weighted by molar-refractivity contribution is -0.386. The summed E-state index contributed by atoms with van der Waals surface area (Å²) in [4.78, 5) is 30.4. The molecule has 0 saturated heterocycles. The quantitative estimate of drug-likeness (QED) is 0.0576. The lowest BCUT2D eigenvalue weighted by Crippen LogP contribution is -2.86. The Hall–Kier alpha value is -4.44. The topological polar surface area (TPSA) is 177 Å². The van der Waals surface area contributed by atoms with Crippen molar-refractivity contribution in [2.45, 2.75) is 232 Å². The highest BCUT2D eigenvalue weighted by Crippen LogP contribution is 2.81. The average Bonchev–Trinajstić information content (AvgIpc) is 1.62. The predicted octanol–water partition coefficient (Wildman–Crippen LogP) is 11.7. The number of ether oxygens (including phenoxy) is 1. The molecule has 4 spiro atoms. The van der Waals surface area contributed by atoms with Crippen LogP contribution in [-0.4, -0.2) is 91.1 Å². The maximum Gasteiger partial charge on any atom is 0.331 e. The first-order valence-electron chi connectivity index (χ1n) is 36.8. The van der Waals surface area contributed by atoms with E-state index in [1.165, 1.54) is 47.9 Å². The van der Waals surface area contributed by atoms with Gasteiger partial charge >= 0.3 is 5.97 Å². The van der Waals surface area contributed by atoms with Crippen molar-refractivity contribution in [3.63, 3.8) is 0 Å². The summed E-state index contributed by atoms with van der Waals surface area (Å²) in [5.41, 5.74) is -1.38. The van der Waals surface area contributed by atoms with Gasteiger partial charge in [-0.25, -0.2) is 4.79 Å². The number of allylic oxidation sites excluding steroid dienone is 2. The summed E-state index contributed by atoms with van der Waals surface area (Å²) in [6, 6.07) is 25.1. The van der Waals surface area contributed by atoms with E-state index in [2.05, 4.69) is 83.9 Å². The third-order valence-corrected chi connectivity index (χ3v) is 31.4. The fourth-order valence-corrected chi connectivity index (χ4v) is 28.1. The van der Waals surface area contributed by atoms with Crippen molar-refractivity contribution in [2.75, 3.05) is 7.05 Å². The Morgan fingerprint density at radius 1 is 0.714 bits per heavy atom. The van der Waals surface area contributed by atoms with E-state index >= 15 is 20.1 Å². The Bertz CT molecular complexity index is 3590. The standard InChI is InChI=1S/C81H99NO9/c1-82-67-39-60-50(13-7-16-55(60)43-83)23-29-74-28-22-48(41-74)32-47-10-6-17-57(33-47)75(26-4-5-27-75)58-18-8-14-51(35-58)52-20-21-64-54(34-52)24-30-76(64)45-78(46-84)68-25-31-77(44-74)70-56(36-62(67)71-63(70)40-69(85)91-71)42-79(77,88)81(68,90)73(87)66-38-61-53(37-65(72(76)86)80(66,78)89)15-9-19-59(61)49-11-2-3-12-49/h6-10,13-18,33,35,40,46,48-49,52-54,56,59,61-62,64-68,70-73,82-83,86-90H,2-5,11-12,19-22,24-28,30-32,34,36-39,41-45H2,1H3/t48-,52-,53+,54+,56-,59+,61-,62+,64+,65+,66-,67-,68+,70+,71+,72+,73-,74+,76-,77-,78-,79+,80+,81+/m0/s1. The van der Waals surface area contributed by atoms with Crippen LogP contribution in [0.25, 0.3) is 0 Å². The number of aldehydes is 1. The van der Waals surface area contributed by atoms with Gasteiger partial charge in [0.25, 0.3) is 0 Å². The van der Waals surface area contributed by atoms with Crippen LogP contribution in [0.4, 0.5) is 0 Å². The first-order valence-corrected chi connectivity index (χ1v) is 36.8. The van der Waals surface area contributed by atoms with Crippen LogP contribution in [0.2, 0.25) is 0 Å². The highest BCUT2D eigenvalue weighted by molar-refractivity contribution is 5.86. The van der Waals surface area contributed by atoms with Gasteiger partial charge in [0.2, 0.25) is 0 Å². The Kier molecular flexibility index (Phi) is 13.5. The monoisotopic (exact) mass is 1230 g/mol. The summed E-state index contributed by atoms with van der Waals surface area (Å²) in [6.45, 7) is -0.141. The molecular formula is C81H99NO9. The zero-order chi connectivity index (χ0) is 61.8. The van der Waals surface area contributed by atoms with Crippen molar-refractivity contribution in [2.24, 2.45) is 98.6 Å². The second-order valence-electron chi connectivity index (χ2n) is 34.2. The zero-order valence-electron chi connectivity index (χ0n) is 53.8. The minimum absolute atomic E-state index is 0.0111. The molecular weight excluding hydrogens is 1130 g/mol. The molecule has 18 aliphatic rings. The maximum atomic E-state index is 16.0. The number of nitrogens with one attached hydrogen (secondary N) is 1. The lowest BCUT2D eigenvalue weighted by atomic mass is 9.32. The van der Waals surface area contributed by atoms with Gasteiger partial charge in [-0.3, -0.25) is 0 Å². The number of aliphatic hydroxyl groups is 6. The third-order valence-electron chi connectivity index (χ3n) is 31.4. The number of hydrogen-bond acceptors (Lipinski definition) is 10. The Morgan fingerprint density at radius 3 is 2.33 bits per heavy atom. The number of carbonyl (C=O) groups is 2.